The van der Waals surface area contributed by atoms with Gasteiger partial charge in [0.25, 0.3) is 0 Å². The third kappa shape index (κ3) is 2.15. The first-order chi connectivity index (χ1) is 9.70. The number of nitrogens with two attached hydrogens (primary N) is 1. The van der Waals surface area contributed by atoms with E-state index in [4.69, 9.17) is 10.6 Å². The fraction of sp³-hybridized carbons (Fsp3) is 0.200. The molecule has 0 radical (unpaired) electrons. The summed E-state index contributed by atoms with van der Waals surface area (Å²) in [4.78, 5) is 0. The molecule has 5 heteroatoms. The number of hydrogen-bond donors (Lipinski definition) is 2. The number of hydrazine groups is 1. The Morgan fingerprint density at radius 3 is 2.75 bits per heavy atom. The summed E-state index contributed by atoms with van der Waals surface area (Å²) >= 11 is 0. The van der Waals surface area contributed by atoms with Crippen molar-refractivity contribution in [1.29, 1.82) is 0 Å². The van der Waals surface area contributed by atoms with E-state index in [1.54, 1.807) is 0 Å². The Morgan fingerprint density at radius 2 is 2.00 bits per heavy atom. The van der Waals surface area contributed by atoms with Crippen molar-refractivity contribution in [3.63, 3.8) is 0 Å². The molecule has 1 aliphatic heterocycles. The standard InChI is InChI=1S/C15H14F2N2O/c16-9-5-6-11(13(17)7-9)15(19-18)12-8-20-14-4-2-1-3-10(12)14/h1-7,12,15,19H,8,18H2. The van der Waals surface area contributed by atoms with Crippen LogP contribution in [0.4, 0.5) is 8.78 Å². The molecule has 0 saturated carbocycles. The minimum Gasteiger partial charge on any atom is -0.493 e. The van der Waals surface area contributed by atoms with Gasteiger partial charge in [-0.05, 0) is 12.1 Å². The van der Waals surface area contributed by atoms with Gasteiger partial charge in [0.1, 0.15) is 17.4 Å². The van der Waals surface area contributed by atoms with E-state index in [9.17, 15) is 8.78 Å². The Kier molecular flexibility index (Phi) is 3.38. The molecule has 2 aromatic rings. The van der Waals surface area contributed by atoms with Gasteiger partial charge in [-0.2, -0.15) is 0 Å². The van der Waals surface area contributed by atoms with Crippen molar-refractivity contribution in [2.75, 3.05) is 6.61 Å². The number of benzene rings is 2. The Hall–Kier alpha value is -1.98. The van der Waals surface area contributed by atoms with Crippen molar-refractivity contribution in [1.82, 2.24) is 5.43 Å². The molecular weight excluding hydrogens is 262 g/mol. The van der Waals surface area contributed by atoms with Gasteiger partial charge in [-0.3, -0.25) is 11.3 Å². The molecular formula is C15H14F2N2O. The SMILES string of the molecule is NNC(c1ccc(F)cc1F)C1COc2ccccc21. The van der Waals surface area contributed by atoms with E-state index < -0.39 is 17.7 Å². The van der Waals surface area contributed by atoms with Crippen LogP contribution in [0.1, 0.15) is 23.1 Å². The molecule has 2 aromatic carbocycles. The maximum absolute atomic E-state index is 13.9. The highest BCUT2D eigenvalue weighted by atomic mass is 19.1. The van der Waals surface area contributed by atoms with Gasteiger partial charge < -0.3 is 4.74 Å². The van der Waals surface area contributed by atoms with Crippen LogP contribution in [0.25, 0.3) is 0 Å². The van der Waals surface area contributed by atoms with Crippen LogP contribution in [-0.4, -0.2) is 6.61 Å². The van der Waals surface area contributed by atoms with E-state index >= 15 is 0 Å². The molecule has 2 unspecified atom stereocenters. The average molecular weight is 276 g/mol. The van der Waals surface area contributed by atoms with Gasteiger partial charge in [0.05, 0.1) is 12.6 Å². The fourth-order valence-corrected chi connectivity index (χ4v) is 2.64. The van der Waals surface area contributed by atoms with E-state index in [0.29, 0.717) is 12.2 Å². The lowest BCUT2D eigenvalue weighted by atomic mass is 9.88. The number of hydrogen-bond acceptors (Lipinski definition) is 3. The largest absolute Gasteiger partial charge is 0.493 e. The lowest BCUT2D eigenvalue weighted by Crippen LogP contribution is -2.34. The molecule has 2 atom stereocenters. The van der Waals surface area contributed by atoms with Crippen LogP contribution in [0.3, 0.4) is 0 Å². The predicted octanol–water partition coefficient (Wildman–Crippen LogP) is 2.65. The average Bonchev–Trinajstić information content (AvgIpc) is 2.86. The monoisotopic (exact) mass is 276 g/mol. The molecule has 0 bridgehead atoms. The summed E-state index contributed by atoms with van der Waals surface area (Å²) in [6, 6.07) is 10.6. The van der Waals surface area contributed by atoms with E-state index in [-0.39, 0.29) is 5.92 Å². The van der Waals surface area contributed by atoms with Crippen molar-refractivity contribution in [2.45, 2.75) is 12.0 Å². The Balaban J connectivity index is 1.99. The predicted molar refractivity (Wildman–Crippen MR) is 71.1 cm³/mol. The number of fused-ring (bicyclic) bond motifs is 1. The molecule has 104 valence electrons. The van der Waals surface area contributed by atoms with Gasteiger partial charge in [0, 0.05) is 23.1 Å². The summed E-state index contributed by atoms with van der Waals surface area (Å²) in [6.07, 6.45) is 0. The second kappa shape index (κ2) is 5.19. The number of para-hydroxylation sites is 1. The molecule has 20 heavy (non-hydrogen) atoms. The van der Waals surface area contributed by atoms with Crippen LogP contribution < -0.4 is 16.0 Å². The highest BCUT2D eigenvalue weighted by molar-refractivity contribution is 5.42. The molecule has 0 aliphatic carbocycles. The van der Waals surface area contributed by atoms with E-state index in [2.05, 4.69) is 5.43 Å². The highest BCUT2D eigenvalue weighted by Crippen LogP contribution is 2.41. The summed E-state index contributed by atoms with van der Waals surface area (Å²) in [7, 11) is 0. The van der Waals surface area contributed by atoms with E-state index in [1.807, 2.05) is 24.3 Å². The maximum Gasteiger partial charge on any atom is 0.130 e. The lowest BCUT2D eigenvalue weighted by molar-refractivity contribution is 0.297. The third-order valence-corrected chi connectivity index (χ3v) is 3.62. The summed E-state index contributed by atoms with van der Waals surface area (Å²) in [6.45, 7) is 0.408. The molecule has 0 fully saturated rings. The first-order valence-corrected chi connectivity index (χ1v) is 6.33. The zero-order valence-corrected chi connectivity index (χ0v) is 10.6. The van der Waals surface area contributed by atoms with E-state index in [1.165, 1.54) is 12.1 Å². The molecule has 0 saturated heterocycles. The van der Waals surface area contributed by atoms with E-state index in [0.717, 1.165) is 17.4 Å². The Labute approximate surface area is 115 Å². The van der Waals surface area contributed by atoms with Crippen molar-refractivity contribution >= 4 is 0 Å². The number of halogens is 2. The molecule has 1 heterocycles. The third-order valence-electron chi connectivity index (χ3n) is 3.62. The van der Waals surface area contributed by atoms with Crippen molar-refractivity contribution in [2.24, 2.45) is 5.84 Å². The molecule has 0 aromatic heterocycles. The van der Waals surface area contributed by atoms with Gasteiger partial charge in [-0.15, -0.1) is 0 Å². The van der Waals surface area contributed by atoms with Crippen molar-refractivity contribution in [3.05, 3.63) is 65.2 Å². The van der Waals surface area contributed by atoms with Crippen molar-refractivity contribution in [3.8, 4) is 5.75 Å². The smallest absolute Gasteiger partial charge is 0.130 e. The second-order valence-electron chi connectivity index (χ2n) is 4.77. The first-order valence-electron chi connectivity index (χ1n) is 6.33. The summed E-state index contributed by atoms with van der Waals surface area (Å²) in [5.74, 6) is 5.03. The fourth-order valence-electron chi connectivity index (χ4n) is 2.64. The quantitative estimate of drug-likeness (QED) is 0.669. The molecule has 3 rings (SSSR count). The van der Waals surface area contributed by atoms with Crippen LogP contribution in [0.5, 0.6) is 5.75 Å². The van der Waals surface area contributed by atoms with Crippen LogP contribution in [0.2, 0.25) is 0 Å². The topological polar surface area (TPSA) is 47.3 Å². The van der Waals surface area contributed by atoms with Gasteiger partial charge >= 0.3 is 0 Å². The Morgan fingerprint density at radius 1 is 1.20 bits per heavy atom. The second-order valence-corrected chi connectivity index (χ2v) is 4.77. The summed E-state index contributed by atoms with van der Waals surface area (Å²) < 4.78 is 32.5. The molecule has 3 N–H and O–H groups in total. The van der Waals surface area contributed by atoms with Crippen molar-refractivity contribution < 1.29 is 13.5 Å². The van der Waals surface area contributed by atoms with Gasteiger partial charge in [-0.1, -0.05) is 24.3 Å². The van der Waals surface area contributed by atoms with Gasteiger partial charge in [-0.25, -0.2) is 8.78 Å². The molecule has 0 spiro atoms. The maximum atomic E-state index is 13.9. The minimum atomic E-state index is -0.614. The van der Waals surface area contributed by atoms with Crippen LogP contribution in [-0.2, 0) is 0 Å². The number of rotatable bonds is 3. The van der Waals surface area contributed by atoms with Crippen LogP contribution in [0.15, 0.2) is 42.5 Å². The van der Waals surface area contributed by atoms with Crippen LogP contribution in [0, 0.1) is 11.6 Å². The van der Waals surface area contributed by atoms with Gasteiger partial charge in [0.2, 0.25) is 0 Å². The normalized spacial score (nSPS) is 18.4. The zero-order chi connectivity index (χ0) is 14.1. The summed E-state index contributed by atoms with van der Waals surface area (Å²) in [5.41, 5.74) is 3.92. The summed E-state index contributed by atoms with van der Waals surface area (Å²) in [5, 5.41) is 0. The Bertz CT molecular complexity index is 633. The molecule has 0 amide bonds. The lowest BCUT2D eigenvalue weighted by Gasteiger charge is -2.23. The van der Waals surface area contributed by atoms with Gasteiger partial charge in [0.15, 0.2) is 0 Å². The number of ether oxygens (including phenoxy) is 1. The van der Waals surface area contributed by atoms with Crippen LogP contribution >= 0.6 is 0 Å². The highest BCUT2D eigenvalue weighted by Gasteiger charge is 2.33. The molecule has 3 nitrogen and oxygen atoms in total. The number of nitrogens with one attached hydrogen (secondary N) is 1. The molecule has 1 aliphatic rings. The minimum absolute atomic E-state index is 0.115. The zero-order valence-electron chi connectivity index (χ0n) is 10.6. The first kappa shape index (κ1) is 13.0.